The number of nitrogens with zero attached hydrogens (tertiary/aromatic N) is 2. The van der Waals surface area contributed by atoms with Crippen molar-refractivity contribution in [2.45, 2.75) is 12.1 Å². The van der Waals surface area contributed by atoms with Gasteiger partial charge in [0, 0.05) is 6.20 Å². The van der Waals surface area contributed by atoms with Gasteiger partial charge in [0.05, 0.1) is 24.3 Å². The van der Waals surface area contributed by atoms with Crippen LogP contribution in [-0.2, 0) is 6.18 Å². The lowest BCUT2D eigenvalue weighted by atomic mass is 10.1. The van der Waals surface area contributed by atoms with E-state index in [-0.39, 0.29) is 10.8 Å². The second-order valence-electron chi connectivity index (χ2n) is 3.73. The molecule has 1 aliphatic rings. The lowest BCUT2D eigenvalue weighted by Crippen LogP contribution is -2.56. The Bertz CT molecular complexity index is 438. The van der Waals surface area contributed by atoms with Crippen molar-refractivity contribution in [3.8, 4) is 0 Å². The Morgan fingerprint density at radius 3 is 2.35 bits per heavy atom. The summed E-state index contributed by atoms with van der Waals surface area (Å²) in [7, 11) is 0. The van der Waals surface area contributed by atoms with Crippen LogP contribution in [0, 0.1) is 0 Å². The van der Waals surface area contributed by atoms with Crippen molar-refractivity contribution in [3.05, 3.63) is 23.0 Å². The number of aromatic nitrogens is 1. The molecule has 0 aliphatic carbocycles. The largest absolute Gasteiger partial charge is 0.419 e. The zero-order chi connectivity index (χ0) is 12.8. The van der Waals surface area contributed by atoms with Crippen LogP contribution in [0.1, 0.15) is 5.56 Å². The molecule has 17 heavy (non-hydrogen) atoms. The molecule has 0 radical (unpaired) electrons. The van der Waals surface area contributed by atoms with Gasteiger partial charge in [-0.1, -0.05) is 11.6 Å². The van der Waals surface area contributed by atoms with Gasteiger partial charge in [-0.2, -0.15) is 13.2 Å². The summed E-state index contributed by atoms with van der Waals surface area (Å²) in [5, 5.41) is -0.164. The van der Waals surface area contributed by atoms with E-state index in [0.717, 1.165) is 11.0 Å². The molecule has 0 amide bonds. The predicted molar refractivity (Wildman–Crippen MR) is 51.4 cm³/mol. The van der Waals surface area contributed by atoms with E-state index in [1.54, 1.807) is 0 Å². The van der Waals surface area contributed by atoms with E-state index in [1.807, 2.05) is 0 Å². The van der Waals surface area contributed by atoms with Crippen molar-refractivity contribution < 1.29 is 22.0 Å². The van der Waals surface area contributed by atoms with Crippen LogP contribution in [0.2, 0.25) is 5.15 Å². The van der Waals surface area contributed by atoms with Crippen LogP contribution in [0.15, 0.2) is 12.3 Å². The zero-order valence-electron chi connectivity index (χ0n) is 8.23. The van der Waals surface area contributed by atoms with Crippen molar-refractivity contribution in [2.75, 3.05) is 18.0 Å². The summed E-state index contributed by atoms with van der Waals surface area (Å²) in [6.07, 6.45) is -4.09. The number of anilines is 1. The highest BCUT2D eigenvalue weighted by atomic mass is 35.5. The summed E-state index contributed by atoms with van der Waals surface area (Å²) in [5.74, 6) is -2.95. The Morgan fingerprint density at radius 1 is 1.29 bits per heavy atom. The molecule has 1 aromatic heterocycles. The standard InChI is InChI=1S/C9H6ClF5N2/c10-7-1-6(17-3-8(11,12)4-17)5(2-16-7)9(13,14)15/h1-2H,3-4H2. The minimum Gasteiger partial charge on any atom is -0.359 e. The maximum absolute atomic E-state index is 12.6. The summed E-state index contributed by atoms with van der Waals surface area (Å²) in [6, 6.07) is 0.944. The first-order valence-corrected chi connectivity index (χ1v) is 4.92. The summed E-state index contributed by atoms with van der Waals surface area (Å²) in [6.45, 7) is -1.48. The van der Waals surface area contributed by atoms with Gasteiger partial charge in [0.15, 0.2) is 0 Å². The van der Waals surface area contributed by atoms with Crippen LogP contribution in [0.5, 0.6) is 0 Å². The third-order valence-electron chi connectivity index (χ3n) is 2.34. The predicted octanol–water partition coefficient (Wildman–Crippen LogP) is 3.21. The monoisotopic (exact) mass is 272 g/mol. The summed E-state index contributed by atoms with van der Waals surface area (Å²) >= 11 is 5.47. The van der Waals surface area contributed by atoms with Gasteiger partial charge in [-0.25, -0.2) is 13.8 Å². The zero-order valence-corrected chi connectivity index (χ0v) is 8.99. The Labute approximate surface area is 98.0 Å². The van der Waals surface area contributed by atoms with E-state index in [9.17, 15) is 22.0 Å². The van der Waals surface area contributed by atoms with Gasteiger partial charge in [-0.05, 0) is 6.07 Å². The molecule has 0 aromatic carbocycles. The van der Waals surface area contributed by atoms with E-state index < -0.39 is 30.8 Å². The average Bonchev–Trinajstić information content (AvgIpc) is 2.11. The van der Waals surface area contributed by atoms with Gasteiger partial charge in [0.2, 0.25) is 0 Å². The van der Waals surface area contributed by atoms with Crippen molar-refractivity contribution in [2.24, 2.45) is 0 Å². The Balaban J connectivity index is 2.36. The SMILES string of the molecule is FC1(F)CN(c2cc(Cl)ncc2C(F)(F)F)C1. The van der Waals surface area contributed by atoms with Crippen LogP contribution in [-0.4, -0.2) is 24.0 Å². The van der Waals surface area contributed by atoms with Crippen LogP contribution >= 0.6 is 11.6 Å². The molecule has 1 aliphatic heterocycles. The van der Waals surface area contributed by atoms with E-state index >= 15 is 0 Å². The van der Waals surface area contributed by atoms with Crippen molar-refractivity contribution in [1.29, 1.82) is 0 Å². The summed E-state index contributed by atoms with van der Waals surface area (Å²) in [4.78, 5) is 4.24. The first kappa shape index (κ1) is 12.3. The first-order valence-electron chi connectivity index (χ1n) is 4.54. The van der Waals surface area contributed by atoms with E-state index in [2.05, 4.69) is 4.98 Å². The van der Waals surface area contributed by atoms with Gasteiger partial charge in [-0.3, -0.25) is 0 Å². The molecule has 1 saturated heterocycles. The molecule has 2 heterocycles. The molecule has 2 nitrogen and oxygen atoms in total. The second kappa shape index (κ2) is 3.69. The third kappa shape index (κ3) is 2.43. The fourth-order valence-electron chi connectivity index (χ4n) is 1.58. The first-order chi connectivity index (χ1) is 7.69. The smallest absolute Gasteiger partial charge is 0.359 e. The number of hydrogen-bond acceptors (Lipinski definition) is 2. The number of rotatable bonds is 1. The van der Waals surface area contributed by atoms with Crippen LogP contribution in [0.4, 0.5) is 27.6 Å². The minimum absolute atomic E-state index is 0.164. The Kier molecular flexibility index (Phi) is 2.68. The van der Waals surface area contributed by atoms with E-state index in [1.165, 1.54) is 0 Å². The molecular weight excluding hydrogens is 267 g/mol. The number of pyridine rings is 1. The quantitative estimate of drug-likeness (QED) is 0.576. The van der Waals surface area contributed by atoms with Gasteiger partial charge in [-0.15, -0.1) is 0 Å². The summed E-state index contributed by atoms with van der Waals surface area (Å²) < 4.78 is 63.1. The number of alkyl halides is 5. The molecule has 1 fully saturated rings. The third-order valence-corrected chi connectivity index (χ3v) is 2.55. The fraction of sp³-hybridized carbons (Fsp3) is 0.444. The maximum atomic E-state index is 12.6. The topological polar surface area (TPSA) is 16.1 Å². The Morgan fingerprint density at radius 2 is 1.88 bits per heavy atom. The molecule has 0 spiro atoms. The molecule has 0 atom stereocenters. The normalized spacial score (nSPS) is 19.1. The molecular formula is C9H6ClF5N2. The van der Waals surface area contributed by atoms with E-state index in [4.69, 9.17) is 11.6 Å². The van der Waals surface area contributed by atoms with Crippen LogP contribution in [0.3, 0.4) is 0 Å². The molecule has 0 saturated carbocycles. The van der Waals surface area contributed by atoms with Crippen LogP contribution in [0.25, 0.3) is 0 Å². The highest BCUT2D eigenvalue weighted by Crippen LogP contribution is 2.41. The minimum atomic E-state index is -4.64. The average molecular weight is 273 g/mol. The van der Waals surface area contributed by atoms with Gasteiger partial charge in [0.1, 0.15) is 5.15 Å². The molecule has 94 valence electrons. The second-order valence-corrected chi connectivity index (χ2v) is 4.12. The molecule has 0 N–H and O–H groups in total. The number of halogens is 6. The fourth-order valence-corrected chi connectivity index (χ4v) is 1.73. The van der Waals surface area contributed by atoms with Crippen molar-refractivity contribution in [1.82, 2.24) is 4.98 Å². The molecule has 0 bridgehead atoms. The van der Waals surface area contributed by atoms with Gasteiger partial charge in [0.25, 0.3) is 5.92 Å². The molecule has 1 aromatic rings. The Hall–Kier alpha value is -1.11. The summed E-state index contributed by atoms with van der Waals surface area (Å²) in [5.41, 5.74) is -1.42. The molecule has 0 unspecified atom stereocenters. The number of hydrogen-bond donors (Lipinski definition) is 0. The van der Waals surface area contributed by atoms with Crippen LogP contribution < -0.4 is 4.90 Å². The van der Waals surface area contributed by atoms with Gasteiger partial charge < -0.3 is 4.90 Å². The lowest BCUT2D eigenvalue weighted by molar-refractivity contribution is -0.137. The highest BCUT2D eigenvalue weighted by Gasteiger charge is 2.47. The lowest BCUT2D eigenvalue weighted by Gasteiger charge is -2.41. The van der Waals surface area contributed by atoms with Crippen molar-refractivity contribution in [3.63, 3.8) is 0 Å². The van der Waals surface area contributed by atoms with Crippen molar-refractivity contribution >= 4 is 17.3 Å². The maximum Gasteiger partial charge on any atom is 0.419 e. The molecule has 2 rings (SSSR count). The van der Waals surface area contributed by atoms with E-state index in [0.29, 0.717) is 6.20 Å². The molecule has 8 heteroatoms. The van der Waals surface area contributed by atoms with Gasteiger partial charge >= 0.3 is 6.18 Å². The highest BCUT2D eigenvalue weighted by molar-refractivity contribution is 6.29.